The predicted octanol–water partition coefficient (Wildman–Crippen LogP) is 2.63. The molecule has 2 aliphatic rings. The first-order valence-electron chi connectivity index (χ1n) is 7.39. The molecule has 0 spiro atoms. The summed E-state index contributed by atoms with van der Waals surface area (Å²) in [5.41, 5.74) is 2.45. The Morgan fingerprint density at radius 2 is 2.05 bits per heavy atom. The molecule has 20 heavy (non-hydrogen) atoms. The number of benzene rings is 1. The van der Waals surface area contributed by atoms with Crippen LogP contribution < -0.4 is 10.2 Å². The van der Waals surface area contributed by atoms with Crippen LogP contribution in [0.1, 0.15) is 12.8 Å². The van der Waals surface area contributed by atoms with E-state index < -0.39 is 0 Å². The molecule has 2 heterocycles. The van der Waals surface area contributed by atoms with E-state index in [0.29, 0.717) is 0 Å². The Morgan fingerprint density at radius 3 is 2.85 bits per heavy atom. The highest BCUT2D eigenvalue weighted by Crippen LogP contribution is 2.26. The molecule has 1 fully saturated rings. The van der Waals surface area contributed by atoms with Crippen molar-refractivity contribution < 1.29 is 9.47 Å². The molecule has 3 rings (SSSR count). The van der Waals surface area contributed by atoms with E-state index in [9.17, 15) is 0 Å². The van der Waals surface area contributed by atoms with Gasteiger partial charge < -0.3 is 19.7 Å². The van der Waals surface area contributed by atoms with Crippen molar-refractivity contribution >= 4 is 11.4 Å². The molecule has 1 N–H and O–H groups in total. The van der Waals surface area contributed by atoms with E-state index in [1.54, 1.807) is 0 Å². The van der Waals surface area contributed by atoms with E-state index >= 15 is 0 Å². The first-order valence-corrected chi connectivity index (χ1v) is 7.39. The first-order chi connectivity index (χ1) is 9.93. The summed E-state index contributed by atoms with van der Waals surface area (Å²) in [7, 11) is 0. The highest BCUT2D eigenvalue weighted by Gasteiger charge is 2.16. The van der Waals surface area contributed by atoms with Gasteiger partial charge in [-0.3, -0.25) is 0 Å². The Bertz CT molecular complexity index is 456. The van der Waals surface area contributed by atoms with Crippen LogP contribution in [0.4, 0.5) is 11.4 Å². The molecular weight excluding hydrogens is 252 g/mol. The second-order valence-electron chi connectivity index (χ2n) is 5.20. The normalized spacial score (nSPS) is 22.4. The topological polar surface area (TPSA) is 33.7 Å². The maximum atomic E-state index is 5.61. The summed E-state index contributed by atoms with van der Waals surface area (Å²) in [6.07, 6.45) is 6.38. The largest absolute Gasteiger partial charge is 0.497 e. The number of anilines is 2. The minimum absolute atomic E-state index is 0.276. The number of hydrogen-bond acceptors (Lipinski definition) is 4. The van der Waals surface area contributed by atoms with Crippen LogP contribution in [0.5, 0.6) is 0 Å². The van der Waals surface area contributed by atoms with E-state index in [4.69, 9.17) is 9.47 Å². The number of para-hydroxylation sites is 2. The van der Waals surface area contributed by atoms with Gasteiger partial charge in [-0.2, -0.15) is 0 Å². The van der Waals surface area contributed by atoms with Gasteiger partial charge in [0, 0.05) is 13.1 Å². The van der Waals surface area contributed by atoms with Crippen molar-refractivity contribution in [3.63, 3.8) is 0 Å². The fourth-order valence-corrected chi connectivity index (χ4v) is 2.66. The third-order valence-electron chi connectivity index (χ3n) is 3.80. The number of morpholine rings is 1. The van der Waals surface area contributed by atoms with Crippen LogP contribution in [0.3, 0.4) is 0 Å². The van der Waals surface area contributed by atoms with Gasteiger partial charge in [0.2, 0.25) is 0 Å². The average Bonchev–Trinajstić information content (AvgIpc) is 2.55. The van der Waals surface area contributed by atoms with Crippen LogP contribution in [-0.2, 0) is 9.47 Å². The molecule has 1 aromatic rings. The minimum atomic E-state index is 0.276. The van der Waals surface area contributed by atoms with Crippen molar-refractivity contribution in [3.8, 4) is 0 Å². The number of hydrogen-bond donors (Lipinski definition) is 1. The molecular formula is C16H22N2O2. The fourth-order valence-electron chi connectivity index (χ4n) is 2.66. The second kappa shape index (κ2) is 6.66. The molecule has 1 unspecified atom stereocenters. The Balaban J connectivity index is 1.64. The van der Waals surface area contributed by atoms with E-state index in [0.717, 1.165) is 45.7 Å². The van der Waals surface area contributed by atoms with E-state index in [1.807, 2.05) is 6.26 Å². The third kappa shape index (κ3) is 3.25. The molecule has 1 atom stereocenters. The SMILES string of the molecule is C1=COC(CNc2ccccc2N2CCOCC2)CC1. The lowest BCUT2D eigenvalue weighted by atomic mass is 10.1. The summed E-state index contributed by atoms with van der Waals surface area (Å²) in [5.74, 6) is 0. The molecule has 0 amide bonds. The van der Waals surface area contributed by atoms with Gasteiger partial charge in [-0.1, -0.05) is 12.1 Å². The maximum absolute atomic E-state index is 5.61. The zero-order chi connectivity index (χ0) is 13.6. The molecule has 4 heteroatoms. The summed E-state index contributed by atoms with van der Waals surface area (Å²) in [6, 6.07) is 8.49. The van der Waals surface area contributed by atoms with Gasteiger partial charge >= 0.3 is 0 Å². The number of ether oxygens (including phenoxy) is 2. The molecule has 0 saturated carbocycles. The Morgan fingerprint density at radius 1 is 1.20 bits per heavy atom. The van der Waals surface area contributed by atoms with Crippen LogP contribution >= 0.6 is 0 Å². The van der Waals surface area contributed by atoms with Crippen molar-refractivity contribution in [1.82, 2.24) is 0 Å². The second-order valence-corrected chi connectivity index (χ2v) is 5.20. The zero-order valence-electron chi connectivity index (χ0n) is 11.8. The van der Waals surface area contributed by atoms with Gasteiger partial charge in [-0.15, -0.1) is 0 Å². The smallest absolute Gasteiger partial charge is 0.115 e. The number of allylic oxidation sites excluding steroid dienone is 1. The average molecular weight is 274 g/mol. The number of nitrogens with zero attached hydrogens (tertiary/aromatic N) is 1. The van der Waals surface area contributed by atoms with Gasteiger partial charge in [-0.25, -0.2) is 0 Å². The zero-order valence-corrected chi connectivity index (χ0v) is 11.8. The third-order valence-corrected chi connectivity index (χ3v) is 3.80. The monoisotopic (exact) mass is 274 g/mol. The highest BCUT2D eigenvalue weighted by atomic mass is 16.5. The number of rotatable bonds is 4. The minimum Gasteiger partial charge on any atom is -0.497 e. The number of nitrogens with one attached hydrogen (secondary N) is 1. The highest BCUT2D eigenvalue weighted by molar-refractivity contribution is 5.70. The van der Waals surface area contributed by atoms with Crippen molar-refractivity contribution in [3.05, 3.63) is 36.6 Å². The van der Waals surface area contributed by atoms with Gasteiger partial charge in [0.15, 0.2) is 0 Å². The summed E-state index contributed by atoms with van der Waals surface area (Å²) >= 11 is 0. The molecule has 4 nitrogen and oxygen atoms in total. The van der Waals surface area contributed by atoms with Gasteiger partial charge in [0.1, 0.15) is 6.10 Å². The summed E-state index contributed by atoms with van der Waals surface area (Å²) in [6.45, 7) is 4.39. The first kappa shape index (κ1) is 13.3. The fraction of sp³-hybridized carbons (Fsp3) is 0.500. The molecule has 0 radical (unpaired) electrons. The van der Waals surface area contributed by atoms with E-state index in [2.05, 4.69) is 40.6 Å². The quantitative estimate of drug-likeness (QED) is 0.915. The lowest BCUT2D eigenvalue weighted by Crippen LogP contribution is -2.36. The summed E-state index contributed by atoms with van der Waals surface area (Å²) in [4.78, 5) is 2.38. The molecule has 0 aliphatic carbocycles. The lowest BCUT2D eigenvalue weighted by Gasteiger charge is -2.31. The van der Waals surface area contributed by atoms with Crippen molar-refractivity contribution in [1.29, 1.82) is 0 Å². The maximum Gasteiger partial charge on any atom is 0.115 e. The van der Waals surface area contributed by atoms with Gasteiger partial charge in [-0.05, 0) is 31.1 Å². The van der Waals surface area contributed by atoms with E-state index in [1.165, 1.54) is 11.4 Å². The molecule has 108 valence electrons. The standard InChI is InChI=1S/C16H22N2O2/c1-2-7-16(18-8-11-19-12-9-18)15(6-1)17-13-14-5-3-4-10-20-14/h1-2,4,6-7,10,14,17H,3,5,8-9,11-13H2. The summed E-state index contributed by atoms with van der Waals surface area (Å²) in [5, 5.41) is 3.54. The van der Waals surface area contributed by atoms with Crippen molar-refractivity contribution in [2.75, 3.05) is 43.1 Å². The van der Waals surface area contributed by atoms with Crippen LogP contribution in [0, 0.1) is 0 Å². The van der Waals surface area contributed by atoms with E-state index in [-0.39, 0.29) is 6.10 Å². The van der Waals surface area contributed by atoms with Crippen LogP contribution in [0.25, 0.3) is 0 Å². The van der Waals surface area contributed by atoms with Gasteiger partial charge in [0.25, 0.3) is 0 Å². The molecule has 1 saturated heterocycles. The predicted molar refractivity (Wildman–Crippen MR) is 81.2 cm³/mol. The molecule has 1 aromatic carbocycles. The lowest BCUT2D eigenvalue weighted by molar-refractivity contribution is 0.122. The molecule has 0 bridgehead atoms. The Kier molecular flexibility index (Phi) is 4.43. The summed E-state index contributed by atoms with van der Waals surface area (Å²) < 4.78 is 11.0. The van der Waals surface area contributed by atoms with Crippen LogP contribution in [-0.4, -0.2) is 39.0 Å². The van der Waals surface area contributed by atoms with Crippen molar-refractivity contribution in [2.45, 2.75) is 18.9 Å². The van der Waals surface area contributed by atoms with Gasteiger partial charge in [0.05, 0.1) is 37.4 Å². The van der Waals surface area contributed by atoms with Crippen molar-refractivity contribution in [2.24, 2.45) is 0 Å². The van der Waals surface area contributed by atoms with Crippen LogP contribution in [0.2, 0.25) is 0 Å². The Labute approximate surface area is 120 Å². The molecule has 2 aliphatic heterocycles. The Hall–Kier alpha value is -1.68. The molecule has 0 aromatic heterocycles. The van der Waals surface area contributed by atoms with Crippen LogP contribution in [0.15, 0.2) is 36.6 Å².